The van der Waals surface area contributed by atoms with E-state index in [0.29, 0.717) is 16.2 Å². The molecule has 2 saturated carbocycles. The third-order valence-electron chi connectivity index (χ3n) is 8.00. The van der Waals surface area contributed by atoms with E-state index in [4.69, 9.17) is 0 Å². The highest BCUT2D eigenvalue weighted by atomic mass is 14.7. The van der Waals surface area contributed by atoms with Crippen molar-refractivity contribution in [3.8, 4) is 0 Å². The van der Waals surface area contributed by atoms with Gasteiger partial charge in [-0.2, -0.15) is 0 Å². The van der Waals surface area contributed by atoms with Crippen LogP contribution in [0.15, 0.2) is 0 Å². The average Bonchev–Trinajstić information content (AvgIpc) is 2.87. The molecule has 2 fully saturated rings. The van der Waals surface area contributed by atoms with Gasteiger partial charge in [0.05, 0.1) is 0 Å². The zero-order valence-electron chi connectivity index (χ0n) is 16.5. The van der Waals surface area contributed by atoms with Crippen LogP contribution in [0.4, 0.5) is 0 Å². The molecule has 2 aliphatic carbocycles. The summed E-state index contributed by atoms with van der Waals surface area (Å²) >= 11 is 0. The van der Waals surface area contributed by atoms with Crippen LogP contribution >= 0.6 is 0 Å². The lowest BCUT2D eigenvalue weighted by Crippen LogP contribution is -2.28. The molecule has 0 heterocycles. The van der Waals surface area contributed by atoms with Crippen molar-refractivity contribution in [1.29, 1.82) is 0 Å². The van der Waals surface area contributed by atoms with Gasteiger partial charge in [0.25, 0.3) is 0 Å². The van der Waals surface area contributed by atoms with E-state index >= 15 is 0 Å². The topological polar surface area (TPSA) is 0 Å². The smallest absolute Gasteiger partial charge is 0.0215 e. The van der Waals surface area contributed by atoms with Gasteiger partial charge < -0.3 is 0 Å². The Balaban J connectivity index is 0.000000219. The van der Waals surface area contributed by atoms with Crippen LogP contribution < -0.4 is 0 Å². The number of hydrogen-bond donors (Lipinski definition) is 0. The standard InChI is InChI=1S/C12H24.C9H18/c1-7-11(5,8-2)12(6)9-10(12,3)4;1-7(2)8(3)9-5-4-6-9/h7-9H2,1-6H3;7-9H,4-6H2,1-3H3. The first-order valence-electron chi connectivity index (χ1n) is 9.54. The Morgan fingerprint density at radius 1 is 1.00 bits per heavy atom. The maximum Gasteiger partial charge on any atom is -0.0215 e. The highest BCUT2D eigenvalue weighted by Gasteiger charge is 2.64. The fourth-order valence-electron chi connectivity index (χ4n) is 4.41. The fourth-order valence-corrected chi connectivity index (χ4v) is 4.41. The summed E-state index contributed by atoms with van der Waals surface area (Å²) in [4.78, 5) is 0. The molecular weight excluding hydrogens is 252 g/mol. The summed E-state index contributed by atoms with van der Waals surface area (Å²) < 4.78 is 0. The SMILES string of the molecule is CC(C)C(C)C1CCC1.CCC(C)(CC)C1(C)CC1(C)C. The molecule has 0 bridgehead atoms. The van der Waals surface area contributed by atoms with E-state index in [-0.39, 0.29) is 0 Å². The molecule has 126 valence electrons. The molecule has 0 aromatic rings. The molecule has 0 nitrogen and oxygen atoms in total. The van der Waals surface area contributed by atoms with E-state index < -0.39 is 0 Å². The van der Waals surface area contributed by atoms with Crippen LogP contribution in [0, 0.1) is 34.0 Å². The van der Waals surface area contributed by atoms with Crippen molar-refractivity contribution in [2.24, 2.45) is 34.0 Å². The van der Waals surface area contributed by atoms with Gasteiger partial charge >= 0.3 is 0 Å². The molecule has 2 rings (SSSR count). The van der Waals surface area contributed by atoms with Gasteiger partial charge in [0.1, 0.15) is 0 Å². The van der Waals surface area contributed by atoms with E-state index in [0.717, 1.165) is 17.8 Å². The molecule has 0 aromatic heterocycles. The number of hydrogen-bond acceptors (Lipinski definition) is 0. The molecule has 0 N–H and O–H groups in total. The van der Waals surface area contributed by atoms with Gasteiger partial charge in [-0.1, -0.05) is 94.4 Å². The van der Waals surface area contributed by atoms with Gasteiger partial charge in [0, 0.05) is 0 Å². The zero-order valence-corrected chi connectivity index (χ0v) is 16.5. The largest absolute Gasteiger partial charge is 0.0648 e. The van der Waals surface area contributed by atoms with E-state index in [9.17, 15) is 0 Å². The van der Waals surface area contributed by atoms with Crippen LogP contribution in [0.3, 0.4) is 0 Å². The van der Waals surface area contributed by atoms with Crippen molar-refractivity contribution in [3.63, 3.8) is 0 Å². The maximum absolute atomic E-state index is 2.47. The second kappa shape index (κ2) is 6.63. The predicted molar refractivity (Wildman–Crippen MR) is 96.5 cm³/mol. The van der Waals surface area contributed by atoms with E-state index in [1.54, 1.807) is 0 Å². The Morgan fingerprint density at radius 2 is 1.43 bits per heavy atom. The molecule has 2 unspecified atom stereocenters. The Kier molecular flexibility index (Phi) is 6.01. The Morgan fingerprint density at radius 3 is 1.52 bits per heavy atom. The summed E-state index contributed by atoms with van der Waals surface area (Å²) in [6, 6.07) is 0. The Hall–Kier alpha value is 0. The van der Waals surface area contributed by atoms with Gasteiger partial charge in [-0.25, -0.2) is 0 Å². The van der Waals surface area contributed by atoms with Crippen molar-refractivity contribution in [1.82, 2.24) is 0 Å². The van der Waals surface area contributed by atoms with Crippen molar-refractivity contribution < 1.29 is 0 Å². The summed E-state index contributed by atoms with van der Waals surface area (Å²) in [6.07, 6.45) is 8.55. The summed E-state index contributed by atoms with van der Waals surface area (Å²) in [5.41, 5.74) is 1.76. The molecule has 0 aliphatic heterocycles. The van der Waals surface area contributed by atoms with Gasteiger partial charge in [-0.05, 0) is 40.4 Å². The lowest BCUT2D eigenvalue weighted by molar-refractivity contribution is 0.124. The molecule has 0 radical (unpaired) electrons. The zero-order chi connectivity index (χ0) is 16.5. The van der Waals surface area contributed by atoms with Crippen molar-refractivity contribution in [3.05, 3.63) is 0 Å². The van der Waals surface area contributed by atoms with Crippen LogP contribution in [0.1, 0.15) is 101 Å². The van der Waals surface area contributed by atoms with Crippen LogP contribution in [0.5, 0.6) is 0 Å². The summed E-state index contributed by atoms with van der Waals surface area (Å²) in [6.45, 7) is 21.5. The molecule has 21 heavy (non-hydrogen) atoms. The fraction of sp³-hybridized carbons (Fsp3) is 1.00. The highest BCUT2D eigenvalue weighted by Crippen LogP contribution is 2.73. The van der Waals surface area contributed by atoms with E-state index in [1.807, 2.05) is 0 Å². The molecular formula is C21H42. The first kappa shape index (κ1) is 19.0. The summed E-state index contributed by atoms with van der Waals surface area (Å²) in [5.74, 6) is 2.94. The van der Waals surface area contributed by atoms with Gasteiger partial charge in [0.2, 0.25) is 0 Å². The average molecular weight is 295 g/mol. The third-order valence-corrected chi connectivity index (χ3v) is 8.00. The van der Waals surface area contributed by atoms with Crippen molar-refractivity contribution >= 4 is 0 Å². The van der Waals surface area contributed by atoms with Gasteiger partial charge in [0.15, 0.2) is 0 Å². The van der Waals surface area contributed by atoms with Crippen molar-refractivity contribution in [2.45, 2.75) is 101 Å². The Bertz CT molecular complexity index is 315. The van der Waals surface area contributed by atoms with Crippen LogP contribution in [-0.2, 0) is 0 Å². The van der Waals surface area contributed by atoms with Crippen molar-refractivity contribution in [2.75, 3.05) is 0 Å². The van der Waals surface area contributed by atoms with Crippen LogP contribution in [0.25, 0.3) is 0 Å². The lowest BCUT2D eigenvalue weighted by atomic mass is 9.68. The Labute approximate surface area is 135 Å². The quantitative estimate of drug-likeness (QED) is 0.498. The number of rotatable bonds is 5. The first-order valence-corrected chi connectivity index (χ1v) is 9.54. The highest BCUT2D eigenvalue weighted by molar-refractivity contribution is 5.13. The first-order chi connectivity index (χ1) is 9.54. The monoisotopic (exact) mass is 294 g/mol. The minimum Gasteiger partial charge on any atom is -0.0648 e. The van der Waals surface area contributed by atoms with E-state index in [2.05, 4.69) is 62.3 Å². The second-order valence-electron chi connectivity index (χ2n) is 9.45. The van der Waals surface area contributed by atoms with Gasteiger partial charge in [-0.3, -0.25) is 0 Å². The molecule has 0 saturated heterocycles. The van der Waals surface area contributed by atoms with Crippen LogP contribution in [-0.4, -0.2) is 0 Å². The molecule has 0 heteroatoms. The molecule has 0 aromatic carbocycles. The second-order valence-corrected chi connectivity index (χ2v) is 9.45. The molecule has 0 spiro atoms. The maximum atomic E-state index is 2.47. The minimum atomic E-state index is 0.566. The lowest BCUT2D eigenvalue weighted by Gasteiger charge is -2.37. The summed E-state index contributed by atoms with van der Waals surface area (Å²) in [5, 5.41) is 0. The van der Waals surface area contributed by atoms with Gasteiger partial charge in [-0.15, -0.1) is 0 Å². The normalized spacial score (nSPS) is 29.4. The molecule has 2 aliphatic rings. The molecule has 0 amide bonds. The van der Waals surface area contributed by atoms with E-state index in [1.165, 1.54) is 38.5 Å². The molecule has 2 atom stereocenters. The predicted octanol–water partition coefficient (Wildman–Crippen LogP) is 7.33. The minimum absolute atomic E-state index is 0.566. The summed E-state index contributed by atoms with van der Waals surface area (Å²) in [7, 11) is 0. The third kappa shape index (κ3) is 3.67. The van der Waals surface area contributed by atoms with Crippen LogP contribution in [0.2, 0.25) is 0 Å².